The number of nitro groups is 1. The highest BCUT2D eigenvalue weighted by Gasteiger charge is 2.09. The number of non-ortho nitro benzene ring substituents is 1. The van der Waals surface area contributed by atoms with Gasteiger partial charge in [0.05, 0.1) is 35.6 Å². The highest BCUT2D eigenvalue weighted by Crippen LogP contribution is 2.28. The van der Waals surface area contributed by atoms with E-state index in [0.717, 1.165) is 10.5 Å². The lowest BCUT2D eigenvalue weighted by atomic mass is 10.1. The van der Waals surface area contributed by atoms with Crippen molar-refractivity contribution in [1.82, 2.24) is 5.43 Å². The van der Waals surface area contributed by atoms with Crippen LogP contribution < -0.4 is 14.9 Å². The molecule has 172 valence electrons. The van der Waals surface area contributed by atoms with Gasteiger partial charge >= 0.3 is 0 Å². The molecule has 10 heteroatoms. The number of carbonyl (C=O) groups is 1. The molecule has 0 heterocycles. The monoisotopic (exact) mass is 476 g/mol. The molecule has 0 aromatic heterocycles. The van der Waals surface area contributed by atoms with E-state index in [9.17, 15) is 20.2 Å². The van der Waals surface area contributed by atoms with Crippen LogP contribution in [0.4, 0.5) is 5.69 Å². The van der Waals surface area contributed by atoms with Gasteiger partial charge in [-0.2, -0.15) is 10.4 Å². The zero-order valence-electron chi connectivity index (χ0n) is 18.1. The van der Waals surface area contributed by atoms with Crippen LogP contribution in [0.25, 0.3) is 0 Å². The fraction of sp³-hybridized carbons (Fsp3) is 0.125. The molecule has 34 heavy (non-hydrogen) atoms. The van der Waals surface area contributed by atoms with Gasteiger partial charge in [0, 0.05) is 22.6 Å². The number of benzene rings is 3. The van der Waals surface area contributed by atoms with Crippen LogP contribution in [-0.2, 0) is 11.4 Å². The molecule has 3 aromatic carbocycles. The van der Waals surface area contributed by atoms with Crippen LogP contribution in [0.15, 0.2) is 76.7 Å². The second-order valence-electron chi connectivity index (χ2n) is 6.80. The number of carbonyl (C=O) groups excluding carboxylic acids is 1. The molecule has 0 aliphatic carbocycles. The number of nitro benzene ring substituents is 1. The Kier molecular flexibility index (Phi) is 8.60. The van der Waals surface area contributed by atoms with Crippen molar-refractivity contribution in [2.75, 3.05) is 12.9 Å². The van der Waals surface area contributed by atoms with Gasteiger partial charge in [-0.25, -0.2) is 5.43 Å². The minimum atomic E-state index is -0.475. The maximum Gasteiger partial charge on any atom is 0.269 e. The molecule has 1 N–H and O–H groups in total. The van der Waals surface area contributed by atoms with Gasteiger partial charge in [-0.05, 0) is 42.0 Å². The number of hydrogen-bond donors (Lipinski definition) is 1. The molecule has 1 amide bonds. The molecule has 9 nitrogen and oxygen atoms in total. The average Bonchev–Trinajstić information content (AvgIpc) is 2.86. The first-order chi connectivity index (χ1) is 16.5. The molecule has 0 aliphatic rings. The number of ether oxygens (including phenoxy) is 2. The predicted molar refractivity (Wildman–Crippen MR) is 128 cm³/mol. The normalized spacial score (nSPS) is 10.5. The number of nitriles is 1. The zero-order valence-corrected chi connectivity index (χ0v) is 19.0. The first-order valence-electron chi connectivity index (χ1n) is 9.98. The molecule has 3 aromatic rings. The van der Waals surface area contributed by atoms with Crippen molar-refractivity contribution in [3.63, 3.8) is 0 Å². The number of nitrogens with zero attached hydrogens (tertiary/aromatic N) is 3. The largest absolute Gasteiger partial charge is 0.493 e. The Morgan fingerprint density at radius 2 is 1.94 bits per heavy atom. The molecule has 0 spiro atoms. The smallest absolute Gasteiger partial charge is 0.269 e. The van der Waals surface area contributed by atoms with Crippen molar-refractivity contribution < 1.29 is 19.2 Å². The molecule has 0 atom stereocenters. The highest BCUT2D eigenvalue weighted by atomic mass is 32.2. The maximum atomic E-state index is 12.0. The first kappa shape index (κ1) is 24.3. The zero-order chi connectivity index (χ0) is 24.3. The van der Waals surface area contributed by atoms with E-state index in [4.69, 9.17) is 9.47 Å². The second-order valence-corrected chi connectivity index (χ2v) is 7.85. The first-order valence-corrected chi connectivity index (χ1v) is 11.0. The number of amides is 1. The summed E-state index contributed by atoms with van der Waals surface area (Å²) < 4.78 is 11.2. The Labute approximate surface area is 200 Å². The van der Waals surface area contributed by atoms with Crippen LogP contribution in [0, 0.1) is 21.4 Å². The summed E-state index contributed by atoms with van der Waals surface area (Å²) in [7, 11) is 1.52. The topological polar surface area (TPSA) is 127 Å². The number of methoxy groups -OCH3 is 1. The van der Waals surface area contributed by atoms with Gasteiger partial charge in [0.25, 0.3) is 5.69 Å². The fourth-order valence-corrected chi connectivity index (χ4v) is 3.51. The van der Waals surface area contributed by atoms with Gasteiger partial charge in [-0.3, -0.25) is 14.9 Å². The molecular weight excluding hydrogens is 456 g/mol. The molecule has 0 aliphatic heterocycles. The van der Waals surface area contributed by atoms with E-state index in [1.54, 1.807) is 42.5 Å². The van der Waals surface area contributed by atoms with Crippen molar-refractivity contribution in [1.29, 1.82) is 5.26 Å². The number of rotatable bonds is 10. The third-order valence-electron chi connectivity index (χ3n) is 4.53. The Morgan fingerprint density at radius 1 is 1.18 bits per heavy atom. The van der Waals surface area contributed by atoms with E-state index < -0.39 is 4.92 Å². The summed E-state index contributed by atoms with van der Waals surface area (Å²) in [6.45, 7) is 0.218. The van der Waals surface area contributed by atoms with Crippen LogP contribution >= 0.6 is 11.8 Å². The maximum absolute atomic E-state index is 12.0. The highest BCUT2D eigenvalue weighted by molar-refractivity contribution is 8.00. The average molecular weight is 477 g/mol. The molecule has 0 saturated heterocycles. The Balaban J connectivity index is 1.52. The van der Waals surface area contributed by atoms with Crippen molar-refractivity contribution >= 4 is 29.6 Å². The van der Waals surface area contributed by atoms with Gasteiger partial charge in [-0.1, -0.05) is 18.2 Å². The summed E-state index contributed by atoms with van der Waals surface area (Å²) in [5.41, 5.74) is 4.44. The quantitative estimate of drug-likeness (QED) is 0.200. The number of hydrogen-bond acceptors (Lipinski definition) is 8. The van der Waals surface area contributed by atoms with Gasteiger partial charge in [0.1, 0.15) is 6.61 Å². The lowest BCUT2D eigenvalue weighted by Gasteiger charge is -2.12. The summed E-state index contributed by atoms with van der Waals surface area (Å²) in [5.74, 6) is 0.784. The van der Waals surface area contributed by atoms with Crippen molar-refractivity contribution in [2.24, 2.45) is 5.10 Å². The third-order valence-corrected chi connectivity index (χ3v) is 5.54. The minimum absolute atomic E-state index is 0.00256. The van der Waals surface area contributed by atoms with Crippen LogP contribution in [0.1, 0.15) is 16.7 Å². The van der Waals surface area contributed by atoms with E-state index in [-0.39, 0.29) is 24.0 Å². The number of nitrogens with one attached hydrogen (secondary N) is 1. The SMILES string of the molecule is COc1cc(/C=N\NC(=O)CSc2ccc([N+](=O)[O-])cc2)ccc1OCc1ccccc1C#N. The van der Waals surface area contributed by atoms with E-state index in [2.05, 4.69) is 16.6 Å². The van der Waals surface area contributed by atoms with Crippen LogP contribution in [-0.4, -0.2) is 29.9 Å². The molecule has 0 fully saturated rings. The molecular formula is C24H20N4O5S. The Morgan fingerprint density at radius 3 is 2.65 bits per heavy atom. The summed E-state index contributed by atoms with van der Waals surface area (Å²) in [4.78, 5) is 23.0. The van der Waals surface area contributed by atoms with E-state index in [1.165, 1.54) is 37.2 Å². The summed E-state index contributed by atoms with van der Waals surface area (Å²) in [6.07, 6.45) is 1.48. The van der Waals surface area contributed by atoms with Crippen molar-refractivity contribution in [3.05, 3.63) is 93.5 Å². The van der Waals surface area contributed by atoms with Gasteiger partial charge in [0.15, 0.2) is 11.5 Å². The van der Waals surface area contributed by atoms with Crippen molar-refractivity contribution in [3.8, 4) is 17.6 Å². The van der Waals surface area contributed by atoms with E-state index in [1.807, 2.05) is 12.1 Å². The van der Waals surface area contributed by atoms with E-state index in [0.29, 0.717) is 22.6 Å². The Hall–Kier alpha value is -4.36. The van der Waals surface area contributed by atoms with Crippen LogP contribution in [0.5, 0.6) is 11.5 Å². The minimum Gasteiger partial charge on any atom is -0.493 e. The summed E-state index contributed by atoms with van der Waals surface area (Å²) in [5, 5.41) is 23.8. The van der Waals surface area contributed by atoms with Crippen LogP contribution in [0.2, 0.25) is 0 Å². The van der Waals surface area contributed by atoms with Gasteiger partial charge in [0.2, 0.25) is 5.91 Å². The molecule has 0 radical (unpaired) electrons. The predicted octanol–water partition coefficient (Wildman–Crippen LogP) is 4.30. The third kappa shape index (κ3) is 6.82. The lowest BCUT2D eigenvalue weighted by molar-refractivity contribution is -0.384. The fourth-order valence-electron chi connectivity index (χ4n) is 2.82. The van der Waals surface area contributed by atoms with Gasteiger partial charge < -0.3 is 9.47 Å². The van der Waals surface area contributed by atoms with Crippen LogP contribution in [0.3, 0.4) is 0 Å². The molecule has 0 saturated carbocycles. The molecule has 3 rings (SSSR count). The summed E-state index contributed by atoms with van der Waals surface area (Å²) >= 11 is 1.24. The standard InChI is InChI=1S/C24H20N4O5S/c1-32-23-12-17(6-11-22(23)33-15-19-5-3-2-4-18(19)13-25)14-26-27-24(29)16-34-21-9-7-20(8-10-21)28(30)31/h2-12,14H,15-16H2,1H3,(H,27,29)/b26-14-. The van der Waals surface area contributed by atoms with Gasteiger partial charge in [-0.15, -0.1) is 11.8 Å². The number of hydrazone groups is 1. The van der Waals surface area contributed by atoms with Crippen molar-refractivity contribution in [2.45, 2.75) is 11.5 Å². The second kappa shape index (κ2) is 12.0. The summed E-state index contributed by atoms with van der Waals surface area (Å²) in [6, 6.07) is 20.5. The molecule has 0 bridgehead atoms. The number of thioether (sulfide) groups is 1. The molecule has 0 unspecified atom stereocenters. The lowest BCUT2D eigenvalue weighted by Crippen LogP contribution is -2.19. The Bertz CT molecular complexity index is 1240. The van der Waals surface area contributed by atoms with E-state index >= 15 is 0 Å².